The van der Waals surface area contributed by atoms with Crippen molar-refractivity contribution >= 4 is 15.6 Å². The predicted octanol–water partition coefficient (Wildman–Crippen LogP) is 0.535. The van der Waals surface area contributed by atoms with Gasteiger partial charge in [0.15, 0.2) is 0 Å². The highest BCUT2D eigenvalue weighted by Crippen LogP contribution is 2.19. The van der Waals surface area contributed by atoms with E-state index in [0.717, 1.165) is 6.26 Å². The summed E-state index contributed by atoms with van der Waals surface area (Å²) in [5.41, 5.74) is 0. The lowest BCUT2D eigenvalue weighted by molar-refractivity contribution is -0.169. The van der Waals surface area contributed by atoms with Crippen LogP contribution in [0.2, 0.25) is 0 Å². The highest BCUT2D eigenvalue weighted by molar-refractivity contribution is 7.93. The minimum Gasteiger partial charge on any atom is -0.315 e. The molecule has 8 heteroatoms. The van der Waals surface area contributed by atoms with Crippen LogP contribution in [-0.4, -0.2) is 40.9 Å². The third-order valence-electron chi connectivity index (χ3n) is 2.14. The van der Waals surface area contributed by atoms with Gasteiger partial charge in [-0.2, -0.15) is 17.5 Å². The monoisotopic (exact) mass is 244 g/mol. The molecule has 0 aliphatic carbocycles. The molecule has 0 radical (unpaired) electrons. The summed E-state index contributed by atoms with van der Waals surface area (Å²) in [4.78, 5) is 10.5. The first-order valence-corrected chi connectivity index (χ1v) is 6.25. The van der Waals surface area contributed by atoms with Crippen LogP contribution in [0.4, 0.5) is 13.2 Å². The second-order valence-electron chi connectivity index (χ2n) is 3.37. The molecule has 15 heavy (non-hydrogen) atoms. The number of halogens is 3. The molecule has 0 aromatic carbocycles. The van der Waals surface area contributed by atoms with Crippen molar-refractivity contribution in [2.75, 3.05) is 19.3 Å². The summed E-state index contributed by atoms with van der Waals surface area (Å²) < 4.78 is 50.1. The zero-order chi connectivity index (χ0) is 11.7. The van der Waals surface area contributed by atoms with Gasteiger partial charge in [-0.05, 0) is 13.0 Å². The fourth-order valence-corrected chi connectivity index (χ4v) is 2.86. The van der Waals surface area contributed by atoms with Gasteiger partial charge in [0.25, 0.3) is 0 Å². The van der Waals surface area contributed by atoms with Gasteiger partial charge in [0.05, 0.1) is 15.0 Å². The summed E-state index contributed by atoms with van der Waals surface area (Å²) in [6, 6.07) is 0. The van der Waals surface area contributed by atoms with Gasteiger partial charge in [-0.15, -0.1) is 0 Å². The van der Waals surface area contributed by atoms with Gasteiger partial charge in [-0.25, -0.2) is 4.21 Å². The van der Waals surface area contributed by atoms with Gasteiger partial charge >= 0.3 is 12.1 Å². The van der Waals surface area contributed by atoms with Crippen LogP contribution in [0.3, 0.4) is 0 Å². The molecule has 1 aliphatic heterocycles. The van der Waals surface area contributed by atoms with Crippen LogP contribution >= 0.6 is 0 Å². The average Bonchev–Trinajstić information content (AvgIpc) is 2.52. The van der Waals surface area contributed by atoms with E-state index in [9.17, 15) is 22.2 Å². The second-order valence-corrected chi connectivity index (χ2v) is 5.94. The Bertz CT molecular complexity index is 365. The van der Waals surface area contributed by atoms with Crippen molar-refractivity contribution in [2.45, 2.75) is 17.8 Å². The molecule has 1 amide bonds. The van der Waals surface area contributed by atoms with Gasteiger partial charge in [-0.3, -0.25) is 4.79 Å². The van der Waals surface area contributed by atoms with Crippen LogP contribution in [0.1, 0.15) is 6.42 Å². The normalized spacial score (nSPS) is 26.0. The van der Waals surface area contributed by atoms with Gasteiger partial charge in [0, 0.05) is 12.8 Å². The molecule has 4 nitrogen and oxygen atoms in total. The highest BCUT2D eigenvalue weighted by Gasteiger charge is 2.40. The highest BCUT2D eigenvalue weighted by atomic mass is 32.2. The third kappa shape index (κ3) is 3.16. The van der Waals surface area contributed by atoms with E-state index in [1.54, 1.807) is 0 Å². The van der Waals surface area contributed by atoms with E-state index in [1.807, 2.05) is 0 Å². The fourth-order valence-electron chi connectivity index (χ4n) is 1.29. The molecule has 88 valence electrons. The molecule has 1 N–H and O–H groups in total. The number of carbonyl (C=O) groups excluding carboxylic acids is 1. The molecule has 0 aromatic rings. The van der Waals surface area contributed by atoms with Gasteiger partial charge < -0.3 is 5.32 Å². The zero-order valence-corrected chi connectivity index (χ0v) is 8.82. The molecular weight excluding hydrogens is 233 g/mol. The third-order valence-corrected chi connectivity index (χ3v) is 4.31. The first kappa shape index (κ1) is 12.4. The molecule has 2 atom stereocenters. The summed E-state index contributed by atoms with van der Waals surface area (Å²) in [6.45, 7) is 0.926. The topological polar surface area (TPSA) is 58.5 Å². The molecule has 1 heterocycles. The number of amides is 1. The van der Waals surface area contributed by atoms with Crippen molar-refractivity contribution in [1.29, 1.82) is 0 Å². The number of carbonyl (C=O) groups is 1. The maximum Gasteiger partial charge on any atom is 0.474 e. The van der Waals surface area contributed by atoms with Gasteiger partial charge in [-0.1, -0.05) is 0 Å². The summed E-state index contributed by atoms with van der Waals surface area (Å²) in [5.74, 6) is -2.26. The van der Waals surface area contributed by atoms with E-state index in [2.05, 4.69) is 9.68 Å². The van der Waals surface area contributed by atoms with Crippen molar-refractivity contribution in [1.82, 2.24) is 5.32 Å². The average molecular weight is 244 g/mol. The zero-order valence-electron chi connectivity index (χ0n) is 8.00. The lowest BCUT2D eigenvalue weighted by atomic mass is 10.4. The van der Waals surface area contributed by atoms with E-state index >= 15 is 0 Å². The number of nitrogens with one attached hydrogen (secondary N) is 1. The summed E-state index contributed by atoms with van der Waals surface area (Å²) in [5, 5.41) is 2.38. The van der Waals surface area contributed by atoms with Crippen molar-refractivity contribution in [3.63, 3.8) is 0 Å². The molecule has 0 aromatic heterocycles. The van der Waals surface area contributed by atoms with Gasteiger partial charge in [0.2, 0.25) is 0 Å². The number of rotatable bonds is 1. The molecular formula is C7H11F3N2O2S. The van der Waals surface area contributed by atoms with Crippen LogP contribution in [0.5, 0.6) is 0 Å². The van der Waals surface area contributed by atoms with E-state index in [-0.39, 0.29) is 0 Å². The van der Waals surface area contributed by atoms with E-state index in [1.165, 1.54) is 0 Å². The molecule has 1 rings (SSSR count). The van der Waals surface area contributed by atoms with Crippen LogP contribution < -0.4 is 5.32 Å². The van der Waals surface area contributed by atoms with E-state index < -0.39 is 27.1 Å². The Morgan fingerprint density at radius 3 is 2.53 bits per heavy atom. The maximum atomic E-state index is 11.9. The largest absolute Gasteiger partial charge is 0.474 e. The summed E-state index contributed by atoms with van der Waals surface area (Å²) in [6.07, 6.45) is -3.47. The number of nitrogens with zero attached hydrogens (tertiary/aromatic N) is 1. The predicted molar refractivity (Wildman–Crippen MR) is 48.8 cm³/mol. The molecule has 0 bridgehead atoms. The Morgan fingerprint density at radius 1 is 1.53 bits per heavy atom. The van der Waals surface area contributed by atoms with E-state index in [4.69, 9.17) is 0 Å². The second kappa shape index (κ2) is 4.09. The van der Waals surface area contributed by atoms with Crippen LogP contribution in [0.15, 0.2) is 4.36 Å². The SMILES string of the molecule is CS(=O)(=NC(=O)C(F)(F)F)[C@@H]1CCNC1. The maximum absolute atomic E-state index is 11.9. The molecule has 0 spiro atoms. The standard InChI is InChI=1S/C7H11F3N2O2S/c1-15(14,5-2-3-11-4-5)12-6(13)7(8,9)10/h5,11H,2-4H2,1H3/t5-,15?/m1/s1. The number of alkyl halides is 3. The molecule has 1 saturated heterocycles. The first-order valence-electron chi connectivity index (χ1n) is 4.26. The van der Waals surface area contributed by atoms with Crippen LogP contribution in [0.25, 0.3) is 0 Å². The Hall–Kier alpha value is -0.630. The minimum atomic E-state index is -5.04. The van der Waals surface area contributed by atoms with Crippen molar-refractivity contribution in [2.24, 2.45) is 4.36 Å². The smallest absolute Gasteiger partial charge is 0.315 e. The summed E-state index contributed by atoms with van der Waals surface area (Å²) >= 11 is 0. The lowest BCUT2D eigenvalue weighted by Crippen LogP contribution is -2.27. The molecule has 0 saturated carbocycles. The number of hydrogen-bond acceptors (Lipinski definition) is 3. The van der Waals surface area contributed by atoms with Crippen LogP contribution in [-0.2, 0) is 14.5 Å². The minimum absolute atomic E-state index is 0.337. The van der Waals surface area contributed by atoms with Gasteiger partial charge in [0.1, 0.15) is 0 Å². The molecule has 1 aliphatic rings. The number of hydrogen-bond donors (Lipinski definition) is 1. The van der Waals surface area contributed by atoms with Crippen molar-refractivity contribution in [3.05, 3.63) is 0 Å². The quantitative estimate of drug-likeness (QED) is 0.732. The van der Waals surface area contributed by atoms with E-state index in [0.29, 0.717) is 19.5 Å². The first-order chi connectivity index (χ1) is 6.73. The molecule has 1 fully saturated rings. The van der Waals surface area contributed by atoms with Crippen molar-refractivity contribution in [3.8, 4) is 0 Å². The molecule has 1 unspecified atom stereocenters. The van der Waals surface area contributed by atoms with Crippen molar-refractivity contribution < 1.29 is 22.2 Å². The Labute approximate surface area is 85.4 Å². The fraction of sp³-hybridized carbons (Fsp3) is 0.857. The Kier molecular flexibility index (Phi) is 3.39. The lowest BCUT2D eigenvalue weighted by Gasteiger charge is -2.10. The Morgan fingerprint density at radius 2 is 2.13 bits per heavy atom. The van der Waals surface area contributed by atoms with Crippen LogP contribution in [0, 0.1) is 0 Å². The Balaban J connectivity index is 2.90. The summed E-state index contributed by atoms with van der Waals surface area (Å²) in [7, 11) is -3.10.